The van der Waals surface area contributed by atoms with Crippen molar-refractivity contribution in [3.8, 4) is 67.3 Å². The summed E-state index contributed by atoms with van der Waals surface area (Å²) in [4.78, 5) is 30.1. The first kappa shape index (κ1) is 31.3. The van der Waals surface area contributed by atoms with Gasteiger partial charge in [-0.2, -0.15) is 0 Å². The van der Waals surface area contributed by atoms with Gasteiger partial charge in [-0.25, -0.2) is 19.9 Å². The van der Waals surface area contributed by atoms with Crippen molar-refractivity contribution in [3.05, 3.63) is 182 Å². The largest absolute Gasteiger partial charge is 0.252 e. The maximum absolute atomic E-state index is 5.28. The lowest BCUT2D eigenvalue weighted by Crippen LogP contribution is -1.99. The summed E-state index contributed by atoms with van der Waals surface area (Å²) in [5, 5.41) is 0.861. The molecule has 10 rings (SSSR count). The Morgan fingerprint density at radius 2 is 0.796 bits per heavy atom. The van der Waals surface area contributed by atoms with Crippen LogP contribution in [0, 0.1) is 0 Å². The summed E-state index contributed by atoms with van der Waals surface area (Å²) in [7, 11) is 0. The fourth-order valence-corrected chi connectivity index (χ4v) is 7.25. The molecule has 0 atom stereocenters. The zero-order valence-electron chi connectivity index (χ0n) is 29.0. The van der Waals surface area contributed by atoms with E-state index in [1.165, 1.54) is 0 Å². The Kier molecular flexibility index (Phi) is 7.69. The Morgan fingerprint density at radius 1 is 0.315 bits per heavy atom. The molecule has 10 aromatic rings. The maximum atomic E-state index is 5.28. The van der Waals surface area contributed by atoms with Gasteiger partial charge in [-0.3, -0.25) is 9.97 Å². The van der Waals surface area contributed by atoms with Gasteiger partial charge in [-0.05, 0) is 34.4 Å². The molecule has 0 spiro atoms. The molecule has 0 aliphatic carbocycles. The lowest BCUT2D eigenvalue weighted by atomic mass is 9.90. The highest BCUT2D eigenvalue weighted by Crippen LogP contribution is 2.43. The average molecular weight is 691 g/mol. The highest BCUT2D eigenvalue weighted by atomic mass is 14.9. The Balaban J connectivity index is 1.08. The highest BCUT2D eigenvalue weighted by Gasteiger charge is 2.21. The van der Waals surface area contributed by atoms with Gasteiger partial charge in [0, 0.05) is 51.8 Å². The van der Waals surface area contributed by atoms with Crippen molar-refractivity contribution >= 4 is 33.0 Å². The third kappa shape index (κ3) is 5.54. The first-order valence-electron chi connectivity index (χ1n) is 17.9. The Labute approximate surface area is 311 Å². The zero-order valence-corrected chi connectivity index (χ0v) is 29.0. The Bertz CT molecular complexity index is 2950. The summed E-state index contributed by atoms with van der Waals surface area (Å²) in [5.41, 5.74) is 15.1. The van der Waals surface area contributed by atoms with Gasteiger partial charge in [0.1, 0.15) is 5.52 Å². The number of aromatic nitrogens is 6. The average Bonchev–Trinajstić information content (AvgIpc) is 3.26. The highest BCUT2D eigenvalue weighted by molar-refractivity contribution is 6.17. The van der Waals surface area contributed by atoms with Crippen LogP contribution in [0.15, 0.2) is 182 Å². The molecule has 0 aliphatic rings. The van der Waals surface area contributed by atoms with E-state index in [2.05, 4.69) is 115 Å². The maximum Gasteiger partial charge on any atom is 0.159 e. The predicted molar refractivity (Wildman–Crippen MR) is 218 cm³/mol. The van der Waals surface area contributed by atoms with Crippen LogP contribution in [0.3, 0.4) is 0 Å². The number of hydrogen-bond donors (Lipinski definition) is 0. The second kappa shape index (κ2) is 13.3. The molecule has 3 aromatic heterocycles. The van der Waals surface area contributed by atoms with E-state index >= 15 is 0 Å². The van der Waals surface area contributed by atoms with Crippen LogP contribution in [0.4, 0.5) is 0 Å². The number of hydrogen-bond acceptors (Lipinski definition) is 6. The summed E-state index contributed by atoms with van der Waals surface area (Å²) in [6, 6.07) is 56.0. The van der Waals surface area contributed by atoms with Crippen LogP contribution in [-0.4, -0.2) is 29.9 Å². The number of benzene rings is 7. The van der Waals surface area contributed by atoms with Gasteiger partial charge in [0.05, 0.1) is 33.5 Å². The standard InChI is InChI=1S/C48H30N6/c1-5-13-32(14-6-1)41-42(33-15-7-2-8-16-33)47-46(49-27-28-50-47)38-30-51-48(54-45(38)41)36-23-21-31(22-24-36)37-25-26-39-40(29-37)53-44(35-19-11-4-12-20-35)43(52-39)34-17-9-3-10-18-34/h1-30H. The van der Waals surface area contributed by atoms with Crippen molar-refractivity contribution in [2.75, 3.05) is 0 Å². The van der Waals surface area contributed by atoms with Gasteiger partial charge < -0.3 is 0 Å². The summed E-state index contributed by atoms with van der Waals surface area (Å²) < 4.78 is 0. The van der Waals surface area contributed by atoms with E-state index in [9.17, 15) is 0 Å². The molecule has 0 saturated carbocycles. The monoisotopic (exact) mass is 690 g/mol. The summed E-state index contributed by atoms with van der Waals surface area (Å²) in [6.07, 6.45) is 5.37. The lowest BCUT2D eigenvalue weighted by Gasteiger charge is -2.17. The topological polar surface area (TPSA) is 77.3 Å². The quantitative estimate of drug-likeness (QED) is 0.162. The van der Waals surface area contributed by atoms with Crippen LogP contribution >= 0.6 is 0 Å². The Morgan fingerprint density at radius 3 is 1.39 bits per heavy atom. The first-order chi connectivity index (χ1) is 26.8. The van der Waals surface area contributed by atoms with Crippen LogP contribution in [-0.2, 0) is 0 Å². The fourth-order valence-electron chi connectivity index (χ4n) is 7.25. The molecule has 6 heteroatoms. The smallest absolute Gasteiger partial charge is 0.159 e. The van der Waals surface area contributed by atoms with Crippen molar-refractivity contribution in [1.29, 1.82) is 0 Å². The molecule has 6 nitrogen and oxygen atoms in total. The molecular formula is C48H30N6. The van der Waals surface area contributed by atoms with Gasteiger partial charge >= 0.3 is 0 Å². The molecular weight excluding hydrogens is 661 g/mol. The minimum absolute atomic E-state index is 0.638. The van der Waals surface area contributed by atoms with E-state index in [1.807, 2.05) is 54.7 Å². The molecule has 0 aliphatic heterocycles. The molecule has 3 heterocycles. The number of rotatable bonds is 6. The van der Waals surface area contributed by atoms with E-state index in [0.717, 1.165) is 94.4 Å². The van der Waals surface area contributed by atoms with Crippen LogP contribution in [0.25, 0.3) is 100 Å². The molecule has 54 heavy (non-hydrogen) atoms. The summed E-state index contributed by atoms with van der Waals surface area (Å²) >= 11 is 0. The molecule has 252 valence electrons. The minimum Gasteiger partial charge on any atom is -0.252 e. The van der Waals surface area contributed by atoms with Gasteiger partial charge in [0.15, 0.2) is 5.82 Å². The second-order valence-corrected chi connectivity index (χ2v) is 13.1. The fraction of sp³-hybridized carbons (Fsp3) is 0. The van der Waals surface area contributed by atoms with Gasteiger partial charge in [-0.1, -0.05) is 152 Å². The molecule has 7 aromatic carbocycles. The van der Waals surface area contributed by atoms with Crippen molar-refractivity contribution in [2.24, 2.45) is 0 Å². The normalized spacial score (nSPS) is 11.3. The molecule has 0 N–H and O–H groups in total. The van der Waals surface area contributed by atoms with Crippen molar-refractivity contribution < 1.29 is 0 Å². The predicted octanol–water partition coefficient (Wildman–Crippen LogP) is 11.5. The van der Waals surface area contributed by atoms with Crippen LogP contribution < -0.4 is 0 Å². The minimum atomic E-state index is 0.638. The van der Waals surface area contributed by atoms with Crippen molar-refractivity contribution in [3.63, 3.8) is 0 Å². The molecule has 0 saturated heterocycles. The third-order valence-electron chi connectivity index (χ3n) is 9.83. The lowest BCUT2D eigenvalue weighted by molar-refractivity contribution is 1.22. The van der Waals surface area contributed by atoms with Crippen LogP contribution in [0.2, 0.25) is 0 Å². The van der Waals surface area contributed by atoms with E-state index < -0.39 is 0 Å². The molecule has 0 bridgehead atoms. The van der Waals surface area contributed by atoms with Crippen molar-refractivity contribution in [2.45, 2.75) is 0 Å². The molecule has 0 amide bonds. The van der Waals surface area contributed by atoms with Crippen LogP contribution in [0.1, 0.15) is 0 Å². The van der Waals surface area contributed by atoms with Gasteiger partial charge in [0.2, 0.25) is 0 Å². The van der Waals surface area contributed by atoms with Crippen molar-refractivity contribution in [1.82, 2.24) is 29.9 Å². The molecule has 0 fully saturated rings. The van der Waals surface area contributed by atoms with E-state index in [-0.39, 0.29) is 0 Å². The summed E-state index contributed by atoms with van der Waals surface area (Å²) in [5.74, 6) is 0.638. The Hall–Kier alpha value is -7.44. The SMILES string of the molecule is c1ccc(-c2nc3ccc(-c4ccc(-c5ncc6c(n5)c(-c5ccccc5)c(-c5ccccc5)c5nccnc56)cc4)cc3nc2-c2ccccc2)cc1. The van der Waals surface area contributed by atoms with E-state index in [1.54, 1.807) is 12.4 Å². The zero-order chi connectivity index (χ0) is 35.8. The molecule has 0 unspecified atom stereocenters. The van der Waals surface area contributed by atoms with E-state index in [4.69, 9.17) is 29.9 Å². The van der Waals surface area contributed by atoms with Crippen LogP contribution in [0.5, 0.6) is 0 Å². The summed E-state index contributed by atoms with van der Waals surface area (Å²) in [6.45, 7) is 0. The van der Waals surface area contributed by atoms with Gasteiger partial charge in [0.25, 0.3) is 0 Å². The second-order valence-electron chi connectivity index (χ2n) is 13.1. The number of nitrogens with zero attached hydrogens (tertiary/aromatic N) is 6. The number of fused-ring (bicyclic) bond motifs is 4. The third-order valence-corrected chi connectivity index (χ3v) is 9.83. The van der Waals surface area contributed by atoms with E-state index in [0.29, 0.717) is 5.82 Å². The van der Waals surface area contributed by atoms with Gasteiger partial charge in [-0.15, -0.1) is 0 Å². The molecule has 0 radical (unpaired) electrons. The first-order valence-corrected chi connectivity index (χ1v) is 17.9.